The number of ketones is 8. The Morgan fingerprint density at radius 3 is 1.10 bits per heavy atom. The summed E-state index contributed by atoms with van der Waals surface area (Å²) in [6, 6.07) is 10.4. The average Bonchev–Trinajstić information content (AvgIpc) is 1.62. The number of amides is 10. The molecule has 10 amide bonds. The maximum Gasteiger partial charge on any atom is 0.255 e. The first-order valence-electron chi connectivity index (χ1n) is 52.4. The Morgan fingerprint density at radius 1 is 0.429 bits per heavy atom. The van der Waals surface area contributed by atoms with E-state index in [2.05, 4.69) is 41.2 Å². The smallest absolute Gasteiger partial charge is 0.255 e. The highest BCUT2D eigenvalue weighted by atomic mass is 16.2. The fourth-order valence-corrected chi connectivity index (χ4v) is 22.6. The summed E-state index contributed by atoms with van der Waals surface area (Å²) < 4.78 is 0. The summed E-state index contributed by atoms with van der Waals surface area (Å²) in [5, 5.41) is 10.8. The molecule has 6 aliphatic heterocycles. The lowest BCUT2D eigenvalue weighted by Gasteiger charge is -2.38. The Labute approximate surface area is 825 Å². The normalized spacial score (nSPS) is 23.3. The molecule has 16 rings (SSSR count). The van der Waals surface area contributed by atoms with Crippen LogP contribution in [0.15, 0.2) is 73.3 Å². The van der Waals surface area contributed by atoms with E-state index in [0.717, 1.165) is 140 Å². The monoisotopic (exact) mass is 1930 g/mol. The number of Topliss-reactive ketones (excluding diaryl/α,β-unsaturated/α-hetero) is 8. The third-order valence-corrected chi connectivity index (χ3v) is 30.5. The summed E-state index contributed by atoms with van der Waals surface area (Å²) >= 11 is 0. The molecule has 10 fully saturated rings. The van der Waals surface area contributed by atoms with Gasteiger partial charge in [0.15, 0.2) is 34.7 Å². The first-order valence-corrected chi connectivity index (χ1v) is 52.4. The highest BCUT2D eigenvalue weighted by Crippen LogP contribution is 2.48. The number of aromatic nitrogens is 4. The van der Waals surface area contributed by atoms with Crippen molar-refractivity contribution in [2.45, 2.75) is 365 Å². The minimum Gasteiger partial charge on any atom is -0.344 e. The fourth-order valence-electron chi connectivity index (χ4n) is 22.6. The van der Waals surface area contributed by atoms with Gasteiger partial charge >= 0.3 is 0 Å². The Kier molecular flexibility index (Phi) is 39.2. The van der Waals surface area contributed by atoms with E-state index in [1.807, 2.05) is 119 Å². The van der Waals surface area contributed by atoms with E-state index in [1.54, 1.807) is 58.0 Å². The molecule has 12 aliphatic rings. The number of aryl methyl sites for hydroxylation is 2. The topological polar surface area (TPSA) is 420 Å². The number of fused-ring (bicyclic) bond motifs is 4. The summed E-state index contributed by atoms with van der Waals surface area (Å²) in [5.74, 6) is -6.70. The SMILES string of the molecule is CC.CC.CCC[C@H](CC(=O)[C@@H]1[C@H]2CCC[C@H]2CN1C(=O)[C@@H](NC(=O)[C@@H](CC(=O)c1cnc(C)cn1)C1CCCCC1)C(C)(C)C)C(=O)C(=O)CC1CC1.CCC[C@H](CC(=O)[C@@H]1[C@H]2CCC[C@H]2CN1C(=O)[C@@H](NC(=O)[C@@H](CC(=O)c1cnc(C)cn1)C1CCCCC1)C(C)(C)C)C(=O)C(=O)CC1CC1.O=C1CCC(N2Cc3ccccc3C2=O)C(=O)N1.O=C1CCC(N2Cc3ccccc3C2=O)C(=O)N1. The van der Waals surface area contributed by atoms with Gasteiger partial charge in [-0.05, 0) is 198 Å². The molecular formula is C110H152N12O18. The lowest BCUT2D eigenvalue weighted by atomic mass is 9.76. The standard InChI is InChI=1S/2C40H58N4O6.2C13H12N2O3.2C2H6/c2*1-6-11-27(36(48)34(47)18-25-16-17-25)19-33(46)35-29-15-10-14-28(29)23-44(35)39(50)37(40(3,4)5)43-38(49)30(26-12-8-7-9-13-26)20-32(45)31-22-41-24(2)21-42-31;2*16-11-6-5-10(12(17)14-11)15-7-8-3-1-2-4-9(8)13(15)18;2*1-2/h2*21-22,25-30,35,37H,6-20,23H2,1-5H3,(H,43,49);2*1-4,10H,5-7H2,(H,14,16,17);2*1-2H3/t2*27-,28+,29+,30+,35+,37-;;;;/m11..../s1. The second kappa shape index (κ2) is 50.1. The van der Waals surface area contributed by atoms with Crippen molar-refractivity contribution < 1.29 is 86.3 Å². The highest BCUT2D eigenvalue weighted by Gasteiger charge is 2.56. The van der Waals surface area contributed by atoms with Crippen molar-refractivity contribution in [3.05, 3.63) is 118 Å². The van der Waals surface area contributed by atoms with E-state index in [4.69, 9.17) is 0 Å². The van der Waals surface area contributed by atoms with Gasteiger partial charge in [-0.3, -0.25) is 107 Å². The van der Waals surface area contributed by atoms with E-state index in [-0.39, 0.29) is 192 Å². The minimum atomic E-state index is -0.919. The summed E-state index contributed by atoms with van der Waals surface area (Å²) in [6.07, 6.45) is 29.0. The van der Waals surface area contributed by atoms with Crippen molar-refractivity contribution in [2.24, 2.45) is 81.8 Å². The van der Waals surface area contributed by atoms with Crippen LogP contribution in [0.25, 0.3) is 0 Å². The zero-order valence-corrected chi connectivity index (χ0v) is 85.1. The molecule has 6 aliphatic carbocycles. The number of rotatable bonds is 34. The molecule has 30 heteroatoms. The fraction of sp³-hybridized carbons (Fsp3) is 0.655. The molecule has 2 aromatic carbocycles. The Balaban J connectivity index is 0.000000193. The second-order valence-corrected chi connectivity index (χ2v) is 42.8. The number of likely N-dealkylation sites (tertiary alicyclic amines) is 2. The first kappa shape index (κ1) is 109. The molecule has 6 saturated carbocycles. The molecule has 2 aromatic heterocycles. The number of imide groups is 2. The third-order valence-electron chi connectivity index (χ3n) is 30.5. The lowest BCUT2D eigenvalue weighted by molar-refractivity contribution is -0.146. The highest BCUT2D eigenvalue weighted by molar-refractivity contribution is 6.39. The zero-order valence-electron chi connectivity index (χ0n) is 85.1. The largest absolute Gasteiger partial charge is 0.344 e. The number of carbonyl (C=O) groups excluding carboxylic acids is 18. The van der Waals surface area contributed by atoms with Crippen LogP contribution in [0, 0.1) is 95.7 Å². The van der Waals surface area contributed by atoms with Crippen molar-refractivity contribution in [1.82, 2.24) is 60.8 Å². The number of carbonyl (C=O) groups is 18. The molecule has 30 nitrogen and oxygen atoms in total. The summed E-state index contributed by atoms with van der Waals surface area (Å²) in [7, 11) is 0. The van der Waals surface area contributed by atoms with Gasteiger partial charge in [0.25, 0.3) is 11.8 Å². The van der Waals surface area contributed by atoms with Gasteiger partial charge in [0.2, 0.25) is 58.8 Å². The van der Waals surface area contributed by atoms with E-state index >= 15 is 0 Å². The maximum atomic E-state index is 14.7. The van der Waals surface area contributed by atoms with Gasteiger partial charge in [-0.1, -0.05) is 184 Å². The molecule has 0 spiro atoms. The van der Waals surface area contributed by atoms with E-state index in [9.17, 15) is 86.3 Å². The van der Waals surface area contributed by atoms with Gasteiger partial charge in [0.05, 0.1) is 35.9 Å². The molecule has 2 unspecified atom stereocenters. The number of nitrogens with one attached hydrogen (secondary N) is 4. The maximum absolute atomic E-state index is 14.7. The molecule has 4 aromatic rings. The number of piperidine rings is 2. The van der Waals surface area contributed by atoms with Gasteiger partial charge in [0, 0.05) is 125 Å². The van der Waals surface area contributed by atoms with E-state index in [1.165, 1.54) is 12.4 Å². The third kappa shape index (κ3) is 27.9. The van der Waals surface area contributed by atoms with Crippen molar-refractivity contribution in [3.8, 4) is 0 Å². The van der Waals surface area contributed by atoms with Crippen molar-refractivity contribution >= 4 is 105 Å². The molecular weight excluding hydrogens is 1780 g/mol. The van der Waals surface area contributed by atoms with Crippen LogP contribution in [0.5, 0.6) is 0 Å². The summed E-state index contributed by atoms with van der Waals surface area (Å²) in [4.78, 5) is 259. The average molecular weight is 1930 g/mol. The number of nitrogens with zero attached hydrogens (tertiary/aromatic N) is 8. The van der Waals surface area contributed by atoms with Gasteiger partial charge in [-0.2, -0.15) is 0 Å². The Hall–Kier alpha value is -10.9. The van der Waals surface area contributed by atoms with Crippen LogP contribution in [0.4, 0.5) is 0 Å². The van der Waals surface area contributed by atoms with Gasteiger partial charge < -0.3 is 30.2 Å². The van der Waals surface area contributed by atoms with Crippen LogP contribution in [0.1, 0.15) is 366 Å². The van der Waals surface area contributed by atoms with Crippen molar-refractivity contribution in [1.29, 1.82) is 0 Å². The van der Waals surface area contributed by atoms with Gasteiger partial charge in [0.1, 0.15) is 35.6 Å². The Bertz CT molecular complexity index is 4840. The first-order chi connectivity index (χ1) is 66.9. The van der Waals surface area contributed by atoms with Gasteiger partial charge in [-0.25, -0.2) is 9.97 Å². The van der Waals surface area contributed by atoms with Crippen molar-refractivity contribution in [3.63, 3.8) is 0 Å². The van der Waals surface area contributed by atoms with Crippen LogP contribution in [0.2, 0.25) is 0 Å². The quantitative estimate of drug-likeness (QED) is 0.0192. The van der Waals surface area contributed by atoms with Crippen LogP contribution in [-0.4, -0.2) is 194 Å². The molecule has 760 valence electrons. The molecule has 8 heterocycles. The minimum absolute atomic E-state index is 0.00513. The summed E-state index contributed by atoms with van der Waals surface area (Å²) in [6.45, 7) is 28.7. The second-order valence-electron chi connectivity index (χ2n) is 42.8. The summed E-state index contributed by atoms with van der Waals surface area (Å²) in [5.41, 5.74) is 3.68. The molecule has 0 bridgehead atoms. The van der Waals surface area contributed by atoms with Crippen LogP contribution >= 0.6 is 0 Å². The predicted octanol–water partition coefficient (Wildman–Crippen LogP) is 15.0. The number of hydrogen-bond acceptors (Lipinski definition) is 22. The zero-order chi connectivity index (χ0) is 102. The van der Waals surface area contributed by atoms with E-state index < -0.39 is 82.3 Å². The lowest BCUT2D eigenvalue weighted by Crippen LogP contribution is -2.58. The predicted molar refractivity (Wildman–Crippen MR) is 525 cm³/mol. The molecule has 4 saturated heterocycles. The van der Waals surface area contributed by atoms with Crippen molar-refractivity contribution in [2.75, 3.05) is 13.1 Å². The Morgan fingerprint density at radius 2 is 0.786 bits per heavy atom. The van der Waals surface area contributed by atoms with Crippen LogP contribution in [0.3, 0.4) is 0 Å². The van der Waals surface area contributed by atoms with Crippen LogP contribution in [-0.2, 0) is 80.2 Å². The molecule has 0 radical (unpaired) electrons. The van der Waals surface area contributed by atoms with Gasteiger partial charge in [-0.15, -0.1) is 0 Å². The van der Waals surface area contributed by atoms with Crippen LogP contribution < -0.4 is 21.3 Å². The molecule has 14 atom stereocenters. The molecule has 4 N–H and O–H groups in total. The molecule has 140 heavy (non-hydrogen) atoms. The number of benzene rings is 2. The van der Waals surface area contributed by atoms with E-state index in [0.29, 0.717) is 99.1 Å². The number of hydrogen-bond donors (Lipinski definition) is 4.